The van der Waals surface area contributed by atoms with Gasteiger partial charge in [-0.05, 0) is 35.8 Å². The van der Waals surface area contributed by atoms with Crippen LogP contribution in [0.5, 0.6) is 0 Å². The summed E-state index contributed by atoms with van der Waals surface area (Å²) in [5.41, 5.74) is 6.99. The number of Topliss-reactive ketones (excluding diaryl/α,β-unsaturated/α-hetero) is 1. The minimum absolute atomic E-state index is 0.0255. The Hall–Kier alpha value is -4.42. The van der Waals surface area contributed by atoms with Crippen molar-refractivity contribution in [3.05, 3.63) is 36.0 Å². The van der Waals surface area contributed by atoms with E-state index < -0.39 is 66.1 Å². The fourth-order valence-electron chi connectivity index (χ4n) is 4.13. The number of carbonyl (C=O) groups excluding carboxylic acids is 5. The molecule has 5 amide bonds. The first kappa shape index (κ1) is 31.8. The monoisotopic (exact) mass is 558 g/mol. The van der Waals surface area contributed by atoms with Gasteiger partial charge in [0, 0.05) is 17.6 Å². The molecule has 0 fully saturated rings. The number of rotatable bonds is 15. The van der Waals surface area contributed by atoms with E-state index in [1.807, 2.05) is 44.2 Å². The predicted octanol–water partition coefficient (Wildman–Crippen LogP) is 0.579. The lowest BCUT2D eigenvalue weighted by molar-refractivity contribution is -0.141. The van der Waals surface area contributed by atoms with Crippen molar-refractivity contribution in [2.75, 3.05) is 6.54 Å². The Morgan fingerprint density at radius 3 is 2.23 bits per heavy atom. The summed E-state index contributed by atoms with van der Waals surface area (Å²) in [5.74, 6) is -4.84. The molecule has 13 heteroatoms. The summed E-state index contributed by atoms with van der Waals surface area (Å²) in [5, 5.41) is 19.3. The van der Waals surface area contributed by atoms with Crippen molar-refractivity contribution in [3.63, 3.8) is 0 Å². The molecule has 0 radical (unpaired) electrons. The van der Waals surface area contributed by atoms with Gasteiger partial charge in [0.15, 0.2) is 0 Å². The molecule has 0 spiro atoms. The third-order valence-electron chi connectivity index (χ3n) is 6.44. The van der Waals surface area contributed by atoms with Crippen LogP contribution >= 0.6 is 0 Å². The molecule has 1 aromatic carbocycles. The van der Waals surface area contributed by atoms with Crippen LogP contribution in [0, 0.1) is 11.8 Å². The SMILES string of the molecule is CC[C@H](C)C(NC(=O)[C@H](CC(C)C)NC(=O)O)C(=O)C(=O)NCC(=O)NC(Cc1cc2ccccc2[nH]1)C(N)=O. The molecule has 0 aliphatic carbocycles. The van der Waals surface area contributed by atoms with Crippen molar-refractivity contribution in [2.24, 2.45) is 17.6 Å². The number of primary amides is 1. The Bertz CT molecular complexity index is 1210. The van der Waals surface area contributed by atoms with Crippen molar-refractivity contribution in [1.29, 1.82) is 0 Å². The van der Waals surface area contributed by atoms with Crippen LogP contribution < -0.4 is 27.0 Å². The highest BCUT2D eigenvalue weighted by molar-refractivity contribution is 6.38. The van der Waals surface area contributed by atoms with Crippen molar-refractivity contribution in [3.8, 4) is 0 Å². The first-order chi connectivity index (χ1) is 18.8. The molecule has 0 saturated heterocycles. The number of aromatic amines is 1. The molecule has 40 heavy (non-hydrogen) atoms. The summed E-state index contributed by atoms with van der Waals surface area (Å²) >= 11 is 0. The number of nitrogens with two attached hydrogens (primary N) is 1. The maximum atomic E-state index is 12.9. The standard InChI is InChI=1S/C27H38N6O7/c1-5-15(4)22(33-25(37)20(10-14(2)3)32-27(39)40)23(35)26(38)29-13-21(34)31-19(24(28)36)12-17-11-16-8-6-7-9-18(16)30-17/h6-9,11,14-15,19-20,22,30,32H,5,10,12-13H2,1-4H3,(H2,28,36)(H,29,38)(H,31,34)(H,33,37)(H,39,40)/t15-,19?,20-,22?/m0/s1. The summed E-state index contributed by atoms with van der Waals surface area (Å²) in [6.45, 7) is 6.43. The molecule has 2 aromatic rings. The van der Waals surface area contributed by atoms with Crippen LogP contribution in [-0.2, 0) is 30.4 Å². The van der Waals surface area contributed by atoms with Gasteiger partial charge in [-0.1, -0.05) is 52.3 Å². The number of benzene rings is 1. The number of ketones is 1. The molecule has 0 aliphatic heterocycles. The van der Waals surface area contributed by atoms with E-state index in [1.165, 1.54) is 0 Å². The second kappa shape index (κ2) is 14.7. The fourth-order valence-corrected chi connectivity index (χ4v) is 4.13. The Morgan fingerprint density at radius 2 is 1.65 bits per heavy atom. The van der Waals surface area contributed by atoms with Crippen LogP contribution in [0.4, 0.5) is 4.79 Å². The molecule has 1 aromatic heterocycles. The first-order valence-corrected chi connectivity index (χ1v) is 13.1. The molecule has 2 rings (SSSR count). The van der Waals surface area contributed by atoms with Gasteiger partial charge >= 0.3 is 6.09 Å². The topological polar surface area (TPSA) is 213 Å². The van der Waals surface area contributed by atoms with Crippen LogP contribution in [-0.4, -0.2) is 70.3 Å². The molecule has 8 N–H and O–H groups in total. The van der Waals surface area contributed by atoms with Gasteiger partial charge in [0.25, 0.3) is 5.91 Å². The molecule has 2 unspecified atom stereocenters. The molecule has 218 valence electrons. The number of hydrogen-bond donors (Lipinski definition) is 7. The number of nitrogens with one attached hydrogen (secondary N) is 5. The molecule has 0 saturated carbocycles. The summed E-state index contributed by atoms with van der Waals surface area (Å²) in [4.78, 5) is 77.1. The summed E-state index contributed by atoms with van der Waals surface area (Å²) in [6, 6.07) is 5.88. The van der Waals surface area contributed by atoms with Gasteiger partial charge in [0.2, 0.25) is 23.5 Å². The number of aromatic nitrogens is 1. The van der Waals surface area contributed by atoms with Gasteiger partial charge in [-0.15, -0.1) is 0 Å². The highest BCUT2D eigenvalue weighted by Crippen LogP contribution is 2.16. The number of carboxylic acid groups (broad SMARTS) is 1. The number of hydrogen-bond acceptors (Lipinski definition) is 6. The van der Waals surface area contributed by atoms with Gasteiger partial charge in [-0.2, -0.15) is 0 Å². The van der Waals surface area contributed by atoms with E-state index in [0.717, 1.165) is 10.9 Å². The molecule has 4 atom stereocenters. The number of amides is 5. The van der Waals surface area contributed by atoms with E-state index in [-0.39, 0.29) is 18.8 Å². The summed E-state index contributed by atoms with van der Waals surface area (Å²) < 4.78 is 0. The Labute approximate surface area is 232 Å². The second-order valence-electron chi connectivity index (χ2n) is 10.2. The van der Waals surface area contributed by atoms with E-state index >= 15 is 0 Å². The zero-order valence-electron chi connectivity index (χ0n) is 23.1. The van der Waals surface area contributed by atoms with Crippen LogP contribution in [0.15, 0.2) is 30.3 Å². The lowest BCUT2D eigenvalue weighted by Gasteiger charge is -2.26. The highest BCUT2D eigenvalue weighted by Gasteiger charge is 2.33. The van der Waals surface area contributed by atoms with E-state index in [4.69, 9.17) is 10.8 Å². The maximum absolute atomic E-state index is 12.9. The van der Waals surface area contributed by atoms with Gasteiger partial charge in [0.05, 0.1) is 12.6 Å². The minimum atomic E-state index is -1.39. The van der Waals surface area contributed by atoms with E-state index in [0.29, 0.717) is 12.1 Å². The molecular formula is C27H38N6O7. The van der Waals surface area contributed by atoms with E-state index in [9.17, 15) is 28.8 Å². The van der Waals surface area contributed by atoms with Crippen LogP contribution in [0.1, 0.15) is 46.2 Å². The average Bonchev–Trinajstić information content (AvgIpc) is 3.30. The smallest absolute Gasteiger partial charge is 0.405 e. The molecule has 1 heterocycles. The molecule has 0 aliphatic rings. The Kier molecular flexibility index (Phi) is 11.7. The summed E-state index contributed by atoms with van der Waals surface area (Å²) in [6.07, 6.45) is -0.688. The van der Waals surface area contributed by atoms with Gasteiger partial charge < -0.3 is 37.1 Å². The number of carbonyl (C=O) groups is 6. The lowest BCUT2D eigenvalue weighted by Crippen LogP contribution is -2.56. The Morgan fingerprint density at radius 1 is 0.975 bits per heavy atom. The van der Waals surface area contributed by atoms with Crippen molar-refractivity contribution in [2.45, 2.75) is 65.1 Å². The minimum Gasteiger partial charge on any atom is -0.465 e. The van der Waals surface area contributed by atoms with Gasteiger partial charge in [-0.3, -0.25) is 24.0 Å². The number of H-pyrrole nitrogens is 1. The number of fused-ring (bicyclic) bond motifs is 1. The maximum Gasteiger partial charge on any atom is 0.405 e. The van der Waals surface area contributed by atoms with Gasteiger partial charge in [0.1, 0.15) is 12.1 Å². The molecule has 13 nitrogen and oxygen atoms in total. The zero-order chi connectivity index (χ0) is 30.0. The van der Waals surface area contributed by atoms with Crippen molar-refractivity contribution < 1.29 is 33.9 Å². The normalized spacial score (nSPS) is 14.0. The largest absolute Gasteiger partial charge is 0.465 e. The highest BCUT2D eigenvalue weighted by atomic mass is 16.4. The number of para-hydroxylation sites is 1. The van der Waals surface area contributed by atoms with Crippen molar-refractivity contribution in [1.82, 2.24) is 26.3 Å². The fraction of sp³-hybridized carbons (Fsp3) is 0.481. The quantitative estimate of drug-likeness (QED) is 0.154. The first-order valence-electron chi connectivity index (χ1n) is 13.1. The van der Waals surface area contributed by atoms with E-state index in [1.54, 1.807) is 13.8 Å². The van der Waals surface area contributed by atoms with Crippen LogP contribution in [0.3, 0.4) is 0 Å². The molecule has 0 bridgehead atoms. The van der Waals surface area contributed by atoms with Crippen LogP contribution in [0.25, 0.3) is 10.9 Å². The molecular weight excluding hydrogens is 520 g/mol. The lowest BCUT2D eigenvalue weighted by atomic mass is 9.94. The zero-order valence-corrected chi connectivity index (χ0v) is 23.1. The van der Waals surface area contributed by atoms with E-state index in [2.05, 4.69) is 26.3 Å². The van der Waals surface area contributed by atoms with Crippen molar-refractivity contribution >= 4 is 46.4 Å². The predicted molar refractivity (Wildman–Crippen MR) is 147 cm³/mol. The Balaban J connectivity index is 2.01. The third-order valence-corrected chi connectivity index (χ3v) is 6.44. The summed E-state index contributed by atoms with van der Waals surface area (Å²) in [7, 11) is 0. The van der Waals surface area contributed by atoms with Gasteiger partial charge in [-0.25, -0.2) is 4.79 Å². The third kappa shape index (κ3) is 9.40. The van der Waals surface area contributed by atoms with Crippen LogP contribution in [0.2, 0.25) is 0 Å². The second-order valence-corrected chi connectivity index (χ2v) is 10.2. The average molecular weight is 559 g/mol.